The van der Waals surface area contributed by atoms with E-state index in [0.29, 0.717) is 28.5 Å². The Kier molecular flexibility index (Phi) is 6.59. The molecular formula is C25H30ClFN8O. The van der Waals surface area contributed by atoms with Gasteiger partial charge in [0, 0.05) is 88.1 Å². The van der Waals surface area contributed by atoms with E-state index >= 15 is 0 Å². The van der Waals surface area contributed by atoms with E-state index < -0.39 is 5.82 Å². The predicted octanol–water partition coefficient (Wildman–Crippen LogP) is 2.83. The Morgan fingerprint density at radius 2 is 1.97 bits per heavy atom. The van der Waals surface area contributed by atoms with Gasteiger partial charge in [-0.2, -0.15) is 5.10 Å². The van der Waals surface area contributed by atoms with Gasteiger partial charge in [-0.3, -0.25) is 14.4 Å². The summed E-state index contributed by atoms with van der Waals surface area (Å²) in [6.07, 6.45) is 6.50. The fraction of sp³-hybridized carbons (Fsp3) is 0.400. The summed E-state index contributed by atoms with van der Waals surface area (Å²) in [6.45, 7) is 8.02. The van der Waals surface area contributed by atoms with E-state index in [-0.39, 0.29) is 24.0 Å². The first-order valence-electron chi connectivity index (χ1n) is 12.1. The van der Waals surface area contributed by atoms with Gasteiger partial charge in [-0.15, -0.1) is 12.4 Å². The number of amides is 1. The van der Waals surface area contributed by atoms with Crippen molar-refractivity contribution in [3.8, 4) is 0 Å². The highest BCUT2D eigenvalue weighted by molar-refractivity contribution is 6.13. The fourth-order valence-electron chi connectivity index (χ4n) is 5.42. The molecule has 2 fully saturated rings. The fourth-order valence-corrected chi connectivity index (χ4v) is 5.42. The first-order valence-corrected chi connectivity index (χ1v) is 12.1. The summed E-state index contributed by atoms with van der Waals surface area (Å²) >= 11 is 0. The molecule has 3 aromatic heterocycles. The molecule has 1 aromatic carbocycles. The highest BCUT2D eigenvalue weighted by Crippen LogP contribution is 2.32. The number of carbonyl (C=O) groups is 1. The minimum Gasteiger partial charge on any atom is -0.369 e. The highest BCUT2D eigenvalue weighted by atomic mass is 35.5. The summed E-state index contributed by atoms with van der Waals surface area (Å²) in [7, 11) is 1.86. The summed E-state index contributed by atoms with van der Waals surface area (Å²) < 4.78 is 17.8. The molecule has 0 bridgehead atoms. The number of carbonyl (C=O) groups excluding carboxylic acids is 1. The molecule has 2 aliphatic heterocycles. The molecule has 0 spiro atoms. The SMILES string of the molecule is Cc1cn2cc(NC(=O)c3ccc(N4CC[C@@H](N5CCNCC5)C4)c4cn(C)nc34)cc(F)c2n1.Cl. The molecule has 11 heteroatoms. The van der Waals surface area contributed by atoms with E-state index in [0.717, 1.165) is 56.8 Å². The van der Waals surface area contributed by atoms with Crippen molar-refractivity contribution in [1.29, 1.82) is 0 Å². The molecule has 0 unspecified atom stereocenters. The quantitative estimate of drug-likeness (QED) is 0.437. The third-order valence-electron chi connectivity index (χ3n) is 7.07. The topological polar surface area (TPSA) is 82.7 Å². The van der Waals surface area contributed by atoms with Gasteiger partial charge in [-0.05, 0) is 25.5 Å². The smallest absolute Gasteiger partial charge is 0.257 e. The number of halogens is 2. The molecule has 0 aliphatic carbocycles. The van der Waals surface area contributed by atoms with Gasteiger partial charge < -0.3 is 19.9 Å². The number of anilines is 2. The maximum Gasteiger partial charge on any atom is 0.257 e. The van der Waals surface area contributed by atoms with Crippen LogP contribution >= 0.6 is 12.4 Å². The Bertz CT molecular complexity index is 1430. The first kappa shape index (κ1) is 24.5. The number of hydrogen-bond acceptors (Lipinski definition) is 6. The molecule has 1 atom stereocenters. The van der Waals surface area contributed by atoms with E-state index in [2.05, 4.69) is 30.5 Å². The monoisotopic (exact) mass is 512 g/mol. The van der Waals surface area contributed by atoms with Gasteiger partial charge in [0.05, 0.1) is 16.9 Å². The van der Waals surface area contributed by atoms with E-state index in [1.807, 2.05) is 25.4 Å². The number of fused-ring (bicyclic) bond motifs is 2. The van der Waals surface area contributed by atoms with Crippen LogP contribution in [-0.4, -0.2) is 75.3 Å². The number of aromatic nitrogens is 4. The van der Waals surface area contributed by atoms with Gasteiger partial charge in [0.25, 0.3) is 5.91 Å². The summed E-state index contributed by atoms with van der Waals surface area (Å²) in [6, 6.07) is 5.68. The van der Waals surface area contributed by atoms with Crippen molar-refractivity contribution in [2.45, 2.75) is 19.4 Å². The Morgan fingerprint density at radius 1 is 1.17 bits per heavy atom. The Labute approximate surface area is 214 Å². The van der Waals surface area contributed by atoms with Gasteiger partial charge in [0.15, 0.2) is 11.5 Å². The number of piperazine rings is 1. The van der Waals surface area contributed by atoms with Gasteiger partial charge in [-0.25, -0.2) is 9.37 Å². The molecule has 190 valence electrons. The van der Waals surface area contributed by atoms with Crippen molar-refractivity contribution in [3.05, 3.63) is 53.9 Å². The van der Waals surface area contributed by atoms with Crippen molar-refractivity contribution in [2.24, 2.45) is 7.05 Å². The number of hydrogen-bond donors (Lipinski definition) is 2. The van der Waals surface area contributed by atoms with Crippen LogP contribution in [-0.2, 0) is 7.05 Å². The summed E-state index contributed by atoms with van der Waals surface area (Å²) in [5, 5.41) is 11.8. The van der Waals surface area contributed by atoms with Crippen molar-refractivity contribution in [1.82, 2.24) is 29.4 Å². The lowest BCUT2D eigenvalue weighted by atomic mass is 10.1. The average Bonchev–Trinajstić information content (AvgIpc) is 3.56. The minimum absolute atomic E-state index is 0. The van der Waals surface area contributed by atoms with E-state index in [4.69, 9.17) is 0 Å². The second kappa shape index (κ2) is 9.68. The third kappa shape index (κ3) is 4.40. The van der Waals surface area contributed by atoms with Crippen LogP contribution in [0.2, 0.25) is 0 Å². The van der Waals surface area contributed by atoms with Crippen LogP contribution in [0.15, 0.2) is 36.8 Å². The summed E-state index contributed by atoms with van der Waals surface area (Å²) in [4.78, 5) is 22.4. The largest absolute Gasteiger partial charge is 0.369 e. The lowest BCUT2D eigenvalue weighted by molar-refractivity contribution is 0.102. The second-order valence-electron chi connectivity index (χ2n) is 9.52. The van der Waals surface area contributed by atoms with Crippen molar-refractivity contribution in [2.75, 3.05) is 49.5 Å². The number of imidazole rings is 1. The van der Waals surface area contributed by atoms with Crippen molar-refractivity contribution >= 4 is 46.2 Å². The van der Waals surface area contributed by atoms with E-state index in [9.17, 15) is 9.18 Å². The van der Waals surface area contributed by atoms with Crippen LogP contribution in [0.1, 0.15) is 22.5 Å². The van der Waals surface area contributed by atoms with E-state index in [1.54, 1.807) is 28.4 Å². The molecule has 4 aromatic rings. The molecular weight excluding hydrogens is 483 g/mol. The molecule has 1 amide bonds. The third-order valence-corrected chi connectivity index (χ3v) is 7.07. The molecule has 0 radical (unpaired) electrons. The standard InChI is InChI=1S/C25H29FN8O.ClH/c1-16-12-34-13-17(11-21(26)24(34)28-16)29-25(35)19-3-4-22(20-15-31(2)30-23(19)20)33-8-5-18(14-33)32-9-6-27-7-10-32;/h3-4,11-13,15,18,27H,5-10,14H2,1-2H3,(H,29,35);1H/t18-;/m1./s1. The molecule has 5 heterocycles. The number of aryl methyl sites for hydroxylation is 2. The molecule has 2 saturated heterocycles. The zero-order valence-corrected chi connectivity index (χ0v) is 21.2. The van der Waals surface area contributed by atoms with Gasteiger partial charge in [0.2, 0.25) is 0 Å². The molecule has 9 nitrogen and oxygen atoms in total. The van der Waals surface area contributed by atoms with Crippen LogP contribution in [0.5, 0.6) is 0 Å². The Hall–Kier alpha value is -3.21. The maximum absolute atomic E-state index is 14.5. The lowest BCUT2D eigenvalue weighted by Gasteiger charge is -2.32. The molecule has 36 heavy (non-hydrogen) atoms. The number of benzene rings is 1. The van der Waals surface area contributed by atoms with Gasteiger partial charge in [0.1, 0.15) is 5.52 Å². The minimum atomic E-state index is -0.484. The summed E-state index contributed by atoms with van der Waals surface area (Å²) in [5.74, 6) is -0.807. The Morgan fingerprint density at radius 3 is 2.78 bits per heavy atom. The zero-order valence-electron chi connectivity index (χ0n) is 20.4. The van der Waals surface area contributed by atoms with Crippen molar-refractivity contribution < 1.29 is 9.18 Å². The molecule has 0 saturated carbocycles. The molecule has 2 N–H and O–H groups in total. The van der Waals surface area contributed by atoms with E-state index in [1.165, 1.54) is 6.07 Å². The number of pyridine rings is 1. The highest BCUT2D eigenvalue weighted by Gasteiger charge is 2.30. The first-order chi connectivity index (χ1) is 17.0. The maximum atomic E-state index is 14.5. The second-order valence-corrected chi connectivity index (χ2v) is 9.52. The van der Waals surface area contributed by atoms with Crippen molar-refractivity contribution in [3.63, 3.8) is 0 Å². The van der Waals surface area contributed by atoms with Crippen LogP contribution < -0.4 is 15.5 Å². The lowest BCUT2D eigenvalue weighted by Crippen LogP contribution is -2.49. The Balaban J connectivity index is 0.00000267. The number of rotatable bonds is 4. The van der Waals surface area contributed by atoms with Crippen LogP contribution in [0.3, 0.4) is 0 Å². The van der Waals surface area contributed by atoms with Crippen LogP contribution in [0.4, 0.5) is 15.8 Å². The molecule has 2 aliphatic rings. The summed E-state index contributed by atoms with van der Waals surface area (Å²) in [5.41, 5.74) is 3.52. The van der Waals surface area contributed by atoms with Gasteiger partial charge in [-0.1, -0.05) is 0 Å². The van der Waals surface area contributed by atoms with Gasteiger partial charge >= 0.3 is 0 Å². The average molecular weight is 513 g/mol. The molecule has 6 rings (SSSR count). The number of nitrogens with zero attached hydrogens (tertiary/aromatic N) is 6. The normalized spacial score (nSPS) is 18.6. The van der Waals surface area contributed by atoms with Crippen LogP contribution in [0, 0.1) is 12.7 Å². The number of nitrogens with one attached hydrogen (secondary N) is 2. The predicted molar refractivity (Wildman–Crippen MR) is 141 cm³/mol. The zero-order chi connectivity index (χ0) is 24.1. The van der Waals surface area contributed by atoms with Crippen LogP contribution in [0.25, 0.3) is 16.6 Å².